The lowest BCUT2D eigenvalue weighted by molar-refractivity contribution is -0.132. The van der Waals surface area contributed by atoms with E-state index in [9.17, 15) is 9.59 Å². The normalized spacial score (nSPS) is 14.5. The third kappa shape index (κ3) is 3.62. The number of aryl methyl sites for hydroxylation is 2. The summed E-state index contributed by atoms with van der Waals surface area (Å²) in [4.78, 5) is 37.6. The van der Waals surface area contributed by atoms with E-state index in [1.54, 1.807) is 0 Å². The van der Waals surface area contributed by atoms with Gasteiger partial charge in [-0.15, -0.1) is 0 Å². The van der Waals surface area contributed by atoms with Crippen molar-refractivity contribution in [3.05, 3.63) is 69.2 Å². The van der Waals surface area contributed by atoms with Crippen LogP contribution < -0.4 is 10.5 Å². The fourth-order valence-corrected chi connectivity index (χ4v) is 4.55. The first-order valence-electron chi connectivity index (χ1n) is 10.7. The van der Waals surface area contributed by atoms with Crippen molar-refractivity contribution in [2.45, 2.75) is 20.4 Å². The predicted octanol–water partition coefficient (Wildman–Crippen LogP) is 3.50. The molecule has 32 heavy (non-hydrogen) atoms. The van der Waals surface area contributed by atoms with E-state index >= 15 is 0 Å². The molecule has 164 valence electrons. The highest BCUT2D eigenvalue weighted by Crippen LogP contribution is 2.25. The first-order chi connectivity index (χ1) is 15.4. The number of halogens is 1. The van der Waals surface area contributed by atoms with E-state index in [-0.39, 0.29) is 18.0 Å². The van der Waals surface area contributed by atoms with Gasteiger partial charge < -0.3 is 14.8 Å². The average molecular weight is 450 g/mol. The Morgan fingerprint density at radius 1 is 1.09 bits per heavy atom. The number of nitrogens with one attached hydrogen (secondary N) is 1. The molecule has 5 rings (SSSR count). The Balaban J connectivity index is 1.32. The van der Waals surface area contributed by atoms with Crippen LogP contribution in [0.4, 0.5) is 5.69 Å². The summed E-state index contributed by atoms with van der Waals surface area (Å²) in [6.07, 6.45) is 1.48. The molecule has 1 fully saturated rings. The number of amides is 1. The highest BCUT2D eigenvalue weighted by atomic mass is 35.5. The van der Waals surface area contributed by atoms with Crippen molar-refractivity contribution in [3.8, 4) is 0 Å². The van der Waals surface area contributed by atoms with Gasteiger partial charge in [-0.25, -0.2) is 4.98 Å². The van der Waals surface area contributed by atoms with Gasteiger partial charge in [-0.05, 0) is 43.7 Å². The predicted molar refractivity (Wildman–Crippen MR) is 128 cm³/mol. The van der Waals surface area contributed by atoms with Crippen molar-refractivity contribution in [2.75, 3.05) is 31.1 Å². The summed E-state index contributed by atoms with van der Waals surface area (Å²) in [7, 11) is 0. The highest BCUT2D eigenvalue weighted by Gasteiger charge is 2.23. The van der Waals surface area contributed by atoms with Crippen LogP contribution in [0.1, 0.15) is 11.1 Å². The van der Waals surface area contributed by atoms with Gasteiger partial charge in [-0.1, -0.05) is 29.3 Å². The van der Waals surface area contributed by atoms with Crippen LogP contribution in [0, 0.1) is 13.8 Å². The Kier molecular flexibility index (Phi) is 5.13. The Morgan fingerprint density at radius 3 is 2.66 bits per heavy atom. The monoisotopic (exact) mass is 449 g/mol. The second kappa shape index (κ2) is 7.98. The van der Waals surface area contributed by atoms with Crippen molar-refractivity contribution in [1.82, 2.24) is 19.4 Å². The van der Waals surface area contributed by atoms with Gasteiger partial charge in [0, 0.05) is 47.8 Å². The number of anilines is 1. The number of carbonyl (C=O) groups excluding carboxylic acids is 1. The zero-order valence-corrected chi connectivity index (χ0v) is 18.8. The van der Waals surface area contributed by atoms with E-state index in [0.29, 0.717) is 29.1 Å². The molecule has 0 bridgehead atoms. The molecule has 0 aliphatic carbocycles. The lowest BCUT2D eigenvalue weighted by Gasteiger charge is -2.37. The number of H-pyrrole nitrogens is 1. The van der Waals surface area contributed by atoms with Gasteiger partial charge in [-0.2, -0.15) is 0 Å². The number of aromatic nitrogens is 3. The molecule has 4 aromatic rings. The van der Waals surface area contributed by atoms with Crippen LogP contribution in [0.2, 0.25) is 5.02 Å². The second-order valence-electron chi connectivity index (χ2n) is 8.37. The molecule has 1 aliphatic heterocycles. The molecular weight excluding hydrogens is 426 g/mol. The number of hydrogen-bond donors (Lipinski definition) is 1. The molecule has 3 heterocycles. The van der Waals surface area contributed by atoms with Crippen molar-refractivity contribution in [1.29, 1.82) is 0 Å². The van der Waals surface area contributed by atoms with Crippen LogP contribution >= 0.6 is 11.6 Å². The molecule has 2 aromatic carbocycles. The zero-order chi connectivity index (χ0) is 22.4. The quantitative estimate of drug-likeness (QED) is 0.519. The number of fused-ring (bicyclic) bond motifs is 3. The topological polar surface area (TPSA) is 74.2 Å². The van der Waals surface area contributed by atoms with Gasteiger partial charge in [0.25, 0.3) is 5.56 Å². The Bertz CT molecular complexity index is 1400. The molecule has 1 N–H and O–H groups in total. The zero-order valence-electron chi connectivity index (χ0n) is 18.1. The lowest BCUT2D eigenvalue weighted by Crippen LogP contribution is -2.50. The van der Waals surface area contributed by atoms with Crippen molar-refractivity contribution < 1.29 is 4.79 Å². The van der Waals surface area contributed by atoms with E-state index in [1.807, 2.05) is 48.2 Å². The van der Waals surface area contributed by atoms with Crippen LogP contribution in [-0.2, 0) is 11.3 Å². The maximum absolute atomic E-state index is 13.0. The van der Waals surface area contributed by atoms with Gasteiger partial charge >= 0.3 is 0 Å². The maximum Gasteiger partial charge on any atom is 0.278 e. The average Bonchev–Trinajstić information content (AvgIpc) is 3.16. The molecule has 0 atom stereocenters. The number of aromatic amines is 1. The van der Waals surface area contributed by atoms with Crippen molar-refractivity contribution >= 4 is 45.1 Å². The minimum absolute atomic E-state index is 0.0215. The van der Waals surface area contributed by atoms with Gasteiger partial charge in [0.2, 0.25) is 5.91 Å². The number of benzene rings is 2. The van der Waals surface area contributed by atoms with E-state index in [4.69, 9.17) is 11.6 Å². The molecule has 0 unspecified atom stereocenters. The summed E-state index contributed by atoms with van der Waals surface area (Å²) >= 11 is 6.16. The molecule has 0 spiro atoms. The van der Waals surface area contributed by atoms with E-state index in [0.717, 1.165) is 40.8 Å². The summed E-state index contributed by atoms with van der Waals surface area (Å²) in [5.74, 6) is -0.0809. The fourth-order valence-electron chi connectivity index (χ4n) is 4.38. The Hall–Kier alpha value is -3.32. The van der Waals surface area contributed by atoms with E-state index in [2.05, 4.69) is 21.8 Å². The molecule has 1 aliphatic rings. The van der Waals surface area contributed by atoms with Gasteiger partial charge in [-0.3, -0.25) is 14.2 Å². The fraction of sp³-hybridized carbons (Fsp3) is 0.292. The molecule has 7 nitrogen and oxygen atoms in total. The second-order valence-corrected chi connectivity index (χ2v) is 8.81. The first kappa shape index (κ1) is 20.6. The van der Waals surface area contributed by atoms with E-state index < -0.39 is 0 Å². The standard InChI is InChI=1S/C24H24ClN5O2/c1-15-3-6-19-18(11-15)22-23(27-19)24(32)30(14-26-22)13-21(31)29-9-7-28(8-10-29)20-12-17(25)5-4-16(20)2/h3-6,11-12,14,27H,7-10,13H2,1-2H3. The molecule has 0 saturated carbocycles. The maximum atomic E-state index is 13.0. The minimum atomic E-state index is -0.231. The Morgan fingerprint density at radius 2 is 1.88 bits per heavy atom. The number of carbonyl (C=O) groups is 1. The van der Waals surface area contributed by atoms with Crippen LogP contribution in [-0.4, -0.2) is 51.5 Å². The summed E-state index contributed by atoms with van der Waals surface area (Å²) in [6, 6.07) is 11.8. The van der Waals surface area contributed by atoms with Crippen LogP contribution in [0.25, 0.3) is 21.9 Å². The third-order valence-corrected chi connectivity index (χ3v) is 6.41. The minimum Gasteiger partial charge on any atom is -0.368 e. The summed E-state index contributed by atoms with van der Waals surface area (Å²) in [6.45, 7) is 6.69. The lowest BCUT2D eigenvalue weighted by atomic mass is 10.1. The number of rotatable bonds is 3. The van der Waals surface area contributed by atoms with Gasteiger partial charge in [0.1, 0.15) is 17.6 Å². The van der Waals surface area contributed by atoms with Gasteiger partial charge in [0.15, 0.2) is 0 Å². The summed E-state index contributed by atoms with van der Waals surface area (Å²) < 4.78 is 1.39. The third-order valence-electron chi connectivity index (χ3n) is 6.18. The molecule has 2 aromatic heterocycles. The molecule has 1 saturated heterocycles. The SMILES string of the molecule is Cc1ccc2[nH]c3c(=O)n(CC(=O)N4CCN(c5cc(Cl)ccc5C)CC4)cnc3c2c1. The Labute approximate surface area is 190 Å². The molecule has 8 heteroatoms. The number of piperazine rings is 1. The smallest absolute Gasteiger partial charge is 0.278 e. The highest BCUT2D eigenvalue weighted by molar-refractivity contribution is 6.30. The van der Waals surface area contributed by atoms with Crippen LogP contribution in [0.3, 0.4) is 0 Å². The van der Waals surface area contributed by atoms with E-state index in [1.165, 1.54) is 10.9 Å². The molecule has 0 radical (unpaired) electrons. The van der Waals surface area contributed by atoms with Crippen LogP contribution in [0.15, 0.2) is 47.5 Å². The summed E-state index contributed by atoms with van der Waals surface area (Å²) in [5.41, 5.74) is 5.08. The van der Waals surface area contributed by atoms with Crippen LogP contribution in [0.5, 0.6) is 0 Å². The van der Waals surface area contributed by atoms with Gasteiger partial charge in [0.05, 0.1) is 6.33 Å². The molecule has 1 amide bonds. The molecular formula is C24H24ClN5O2. The largest absolute Gasteiger partial charge is 0.368 e. The summed E-state index contributed by atoms with van der Waals surface area (Å²) in [5, 5.41) is 1.63. The first-order valence-corrected chi connectivity index (χ1v) is 11.0. The van der Waals surface area contributed by atoms with Crippen molar-refractivity contribution in [3.63, 3.8) is 0 Å². The number of nitrogens with zero attached hydrogens (tertiary/aromatic N) is 4. The van der Waals surface area contributed by atoms with Crippen molar-refractivity contribution in [2.24, 2.45) is 0 Å². The number of hydrogen-bond acceptors (Lipinski definition) is 4.